The minimum absolute atomic E-state index is 0.0551. The molecule has 0 aromatic carbocycles. The molecule has 0 unspecified atom stereocenters. The molecule has 0 aliphatic carbocycles. The molecule has 5 heteroatoms. The molecule has 0 fully saturated rings. The van der Waals surface area contributed by atoms with Crippen LogP contribution in [0.15, 0.2) is 0 Å². The largest absolute Gasteiger partial charge is 0.467 e. The molecule has 0 aliphatic heterocycles. The quantitative estimate of drug-likeness (QED) is 0.699. The fourth-order valence-electron chi connectivity index (χ4n) is 1.06. The minimum Gasteiger partial charge on any atom is -0.467 e. The Hall–Kier alpha value is -1.49. The number of hydrogen-bond acceptors (Lipinski definition) is 5. The monoisotopic (exact) mass is 195 g/mol. The summed E-state index contributed by atoms with van der Waals surface area (Å²) in [7, 11) is 1.46. The number of rotatable bonds is 3. The Bertz CT molecular complexity index is 363. The van der Waals surface area contributed by atoms with Crippen molar-refractivity contribution in [3.05, 3.63) is 17.0 Å². The number of carbonyl (C=O) groups excluding carboxylic acids is 1. The second-order valence-electron chi connectivity index (χ2n) is 2.90. The highest BCUT2D eigenvalue weighted by Crippen LogP contribution is 2.13. The van der Waals surface area contributed by atoms with Gasteiger partial charge in [-0.3, -0.25) is 4.79 Å². The van der Waals surface area contributed by atoms with E-state index in [1.165, 1.54) is 7.11 Å². The molecule has 14 heavy (non-hydrogen) atoms. The summed E-state index contributed by atoms with van der Waals surface area (Å²) in [5, 5.41) is 0. The van der Waals surface area contributed by atoms with Gasteiger partial charge in [0.1, 0.15) is 5.69 Å². The van der Waals surface area contributed by atoms with Crippen molar-refractivity contribution in [2.45, 2.75) is 13.8 Å². The molecular formula is C9H13N3O2. The maximum Gasteiger partial charge on any atom is 0.316 e. The fourth-order valence-corrected chi connectivity index (χ4v) is 1.06. The summed E-state index contributed by atoms with van der Waals surface area (Å²) < 4.78 is 4.87. The van der Waals surface area contributed by atoms with Gasteiger partial charge in [0.2, 0.25) is 0 Å². The van der Waals surface area contributed by atoms with Crippen molar-refractivity contribution >= 4 is 5.78 Å². The van der Waals surface area contributed by atoms with E-state index in [9.17, 15) is 4.79 Å². The highest BCUT2D eigenvalue weighted by Gasteiger charge is 2.13. The van der Waals surface area contributed by atoms with Crippen molar-refractivity contribution in [2.75, 3.05) is 13.7 Å². The number of carbonyl (C=O) groups is 1. The fraction of sp³-hybridized carbons (Fsp3) is 0.444. The van der Waals surface area contributed by atoms with Crippen molar-refractivity contribution in [2.24, 2.45) is 5.73 Å². The van der Waals surface area contributed by atoms with Crippen LogP contribution in [0.4, 0.5) is 0 Å². The molecule has 1 heterocycles. The normalized spacial score (nSPS) is 10.0. The van der Waals surface area contributed by atoms with Gasteiger partial charge in [-0.25, -0.2) is 4.98 Å². The van der Waals surface area contributed by atoms with Crippen molar-refractivity contribution in [3.63, 3.8) is 0 Å². The Kier molecular flexibility index (Phi) is 3.14. The summed E-state index contributed by atoms with van der Waals surface area (Å²) in [6.45, 7) is 3.53. The molecule has 0 atom stereocenters. The Balaban J connectivity index is 3.27. The van der Waals surface area contributed by atoms with Gasteiger partial charge >= 0.3 is 6.01 Å². The molecule has 5 nitrogen and oxygen atoms in total. The van der Waals surface area contributed by atoms with Crippen LogP contribution in [0.3, 0.4) is 0 Å². The van der Waals surface area contributed by atoms with Gasteiger partial charge in [0.25, 0.3) is 0 Å². The summed E-state index contributed by atoms with van der Waals surface area (Å²) in [4.78, 5) is 19.4. The lowest BCUT2D eigenvalue weighted by Gasteiger charge is -2.07. The molecule has 0 bridgehead atoms. The van der Waals surface area contributed by atoms with Gasteiger partial charge in [-0.05, 0) is 19.4 Å². The number of aryl methyl sites for hydroxylation is 1. The van der Waals surface area contributed by atoms with Gasteiger partial charge in [0, 0.05) is 5.69 Å². The molecule has 0 saturated carbocycles. The zero-order chi connectivity index (χ0) is 10.7. The van der Waals surface area contributed by atoms with E-state index in [1.54, 1.807) is 13.8 Å². The highest BCUT2D eigenvalue weighted by molar-refractivity contribution is 5.97. The minimum atomic E-state index is -0.202. The van der Waals surface area contributed by atoms with Crippen LogP contribution >= 0.6 is 0 Å². The number of Topliss-reactive ketones (excluding diaryl/α,β-unsaturated/α-hetero) is 1. The second kappa shape index (κ2) is 4.15. The molecule has 0 amide bonds. The van der Waals surface area contributed by atoms with E-state index in [-0.39, 0.29) is 18.3 Å². The lowest BCUT2D eigenvalue weighted by molar-refractivity contribution is 0.0994. The number of nitrogens with two attached hydrogens (primary N) is 1. The first-order chi connectivity index (χ1) is 6.60. The standard InChI is InChI=1S/C9H13N3O2/c1-5-6(2)11-9(14-3)12-8(5)7(13)4-10/h4,10H2,1-3H3. The zero-order valence-corrected chi connectivity index (χ0v) is 8.50. The third-order valence-corrected chi connectivity index (χ3v) is 2.00. The number of methoxy groups -OCH3 is 1. The molecule has 76 valence electrons. The molecule has 0 radical (unpaired) electrons. The van der Waals surface area contributed by atoms with E-state index >= 15 is 0 Å². The number of ketones is 1. The van der Waals surface area contributed by atoms with Crippen LogP contribution in [0, 0.1) is 13.8 Å². The van der Waals surface area contributed by atoms with E-state index in [4.69, 9.17) is 10.5 Å². The number of ether oxygens (including phenoxy) is 1. The smallest absolute Gasteiger partial charge is 0.316 e. The van der Waals surface area contributed by atoms with Crippen LogP contribution in [-0.4, -0.2) is 29.4 Å². The molecule has 1 rings (SSSR count). The lowest BCUT2D eigenvalue weighted by Crippen LogP contribution is -2.18. The average Bonchev–Trinajstić information content (AvgIpc) is 2.20. The predicted molar refractivity (Wildman–Crippen MR) is 51.4 cm³/mol. The topological polar surface area (TPSA) is 78.1 Å². The Morgan fingerprint density at radius 3 is 2.57 bits per heavy atom. The summed E-state index contributed by atoms with van der Waals surface area (Å²) in [5.41, 5.74) is 7.09. The van der Waals surface area contributed by atoms with Crippen LogP contribution in [-0.2, 0) is 0 Å². The molecule has 2 N–H and O–H groups in total. The van der Waals surface area contributed by atoms with Crippen molar-refractivity contribution in [1.29, 1.82) is 0 Å². The lowest BCUT2D eigenvalue weighted by atomic mass is 10.1. The van der Waals surface area contributed by atoms with Crippen LogP contribution in [0.5, 0.6) is 6.01 Å². The van der Waals surface area contributed by atoms with E-state index in [2.05, 4.69) is 9.97 Å². The van der Waals surface area contributed by atoms with Crippen molar-refractivity contribution in [3.8, 4) is 6.01 Å². The molecular weight excluding hydrogens is 182 g/mol. The first-order valence-corrected chi connectivity index (χ1v) is 4.22. The van der Waals surface area contributed by atoms with E-state index in [0.29, 0.717) is 5.69 Å². The van der Waals surface area contributed by atoms with Crippen LogP contribution in [0.25, 0.3) is 0 Å². The molecule has 0 aliphatic rings. The van der Waals surface area contributed by atoms with E-state index in [0.717, 1.165) is 11.3 Å². The Labute approximate surface area is 82.3 Å². The maximum absolute atomic E-state index is 11.4. The second-order valence-corrected chi connectivity index (χ2v) is 2.90. The van der Waals surface area contributed by atoms with Gasteiger partial charge in [-0.15, -0.1) is 0 Å². The van der Waals surface area contributed by atoms with Gasteiger partial charge in [-0.1, -0.05) is 0 Å². The highest BCUT2D eigenvalue weighted by atomic mass is 16.5. The van der Waals surface area contributed by atoms with Crippen LogP contribution in [0.2, 0.25) is 0 Å². The maximum atomic E-state index is 11.4. The SMILES string of the molecule is COc1nc(C)c(C)c(C(=O)CN)n1. The summed E-state index contributed by atoms with van der Waals surface area (Å²) in [6, 6.07) is 0.199. The first-order valence-electron chi connectivity index (χ1n) is 4.22. The van der Waals surface area contributed by atoms with Crippen molar-refractivity contribution < 1.29 is 9.53 Å². The van der Waals surface area contributed by atoms with Crippen molar-refractivity contribution in [1.82, 2.24) is 9.97 Å². The van der Waals surface area contributed by atoms with Gasteiger partial charge in [-0.2, -0.15) is 4.98 Å². The predicted octanol–water partition coefficient (Wildman–Crippen LogP) is 0.243. The third kappa shape index (κ3) is 1.88. The van der Waals surface area contributed by atoms with Crippen LogP contribution in [0.1, 0.15) is 21.7 Å². The first kappa shape index (κ1) is 10.6. The average molecular weight is 195 g/mol. The van der Waals surface area contributed by atoms with Crippen LogP contribution < -0.4 is 10.5 Å². The molecule has 1 aromatic rings. The Morgan fingerprint density at radius 2 is 2.07 bits per heavy atom. The third-order valence-electron chi connectivity index (χ3n) is 2.00. The summed E-state index contributed by atoms with van der Waals surface area (Å²) in [6.07, 6.45) is 0. The van der Waals surface area contributed by atoms with Gasteiger partial charge < -0.3 is 10.5 Å². The van der Waals surface area contributed by atoms with Gasteiger partial charge in [0.05, 0.1) is 13.7 Å². The van der Waals surface area contributed by atoms with Gasteiger partial charge in [0.15, 0.2) is 5.78 Å². The number of nitrogens with zero attached hydrogens (tertiary/aromatic N) is 2. The summed E-state index contributed by atoms with van der Waals surface area (Å²) in [5.74, 6) is -0.202. The molecule has 0 saturated heterocycles. The molecule has 1 aromatic heterocycles. The number of aromatic nitrogens is 2. The zero-order valence-electron chi connectivity index (χ0n) is 8.50. The Morgan fingerprint density at radius 1 is 1.43 bits per heavy atom. The number of hydrogen-bond donors (Lipinski definition) is 1. The summed E-state index contributed by atoms with van der Waals surface area (Å²) >= 11 is 0. The molecule has 0 spiro atoms. The van der Waals surface area contributed by atoms with E-state index in [1.807, 2.05) is 0 Å². The van der Waals surface area contributed by atoms with E-state index < -0.39 is 0 Å².